The van der Waals surface area contributed by atoms with E-state index in [-0.39, 0.29) is 5.75 Å². The highest BCUT2D eigenvalue weighted by atomic mass is 35.5. The Hall–Kier alpha value is -3.82. The molecule has 0 fully saturated rings. The summed E-state index contributed by atoms with van der Waals surface area (Å²) < 4.78 is 2.09. The lowest BCUT2D eigenvalue weighted by Gasteiger charge is -2.14. The van der Waals surface area contributed by atoms with Gasteiger partial charge in [-0.15, -0.1) is 0 Å². The molecule has 0 saturated heterocycles. The fraction of sp³-hybridized carbons (Fsp3) is 0. The van der Waals surface area contributed by atoms with Gasteiger partial charge in [-0.05, 0) is 36.4 Å². The number of nitrogens with zero attached hydrogens (tertiary/aromatic N) is 2. The van der Waals surface area contributed by atoms with Gasteiger partial charge in [-0.2, -0.15) is 0 Å². The van der Waals surface area contributed by atoms with Gasteiger partial charge < -0.3 is 5.11 Å². The highest BCUT2D eigenvalue weighted by Gasteiger charge is 2.23. The van der Waals surface area contributed by atoms with Crippen molar-refractivity contribution < 1.29 is 5.11 Å². The number of phenols is 1. The zero-order valence-corrected chi connectivity index (χ0v) is 17.4. The Bertz CT molecular complexity index is 1330. The van der Waals surface area contributed by atoms with Crippen molar-refractivity contribution in [2.24, 2.45) is 0 Å². The van der Waals surface area contributed by atoms with Crippen molar-refractivity contribution in [3.63, 3.8) is 0 Å². The maximum absolute atomic E-state index is 10.6. The van der Waals surface area contributed by atoms with Crippen LogP contribution in [0.1, 0.15) is 0 Å². The van der Waals surface area contributed by atoms with Gasteiger partial charge >= 0.3 is 0 Å². The Morgan fingerprint density at radius 2 is 1.23 bits per heavy atom. The first-order chi connectivity index (χ1) is 15.2. The number of para-hydroxylation sites is 1. The number of hydrogen-bond acceptors (Lipinski definition) is 2. The number of benzene rings is 4. The third-order valence-corrected chi connectivity index (χ3v) is 5.45. The highest BCUT2D eigenvalue weighted by molar-refractivity contribution is 6.30. The van der Waals surface area contributed by atoms with Gasteiger partial charge in [-0.25, -0.2) is 4.98 Å². The average molecular weight is 423 g/mol. The fourth-order valence-electron chi connectivity index (χ4n) is 3.76. The summed E-state index contributed by atoms with van der Waals surface area (Å²) in [5.74, 6) is 0.847. The quantitative estimate of drug-likeness (QED) is 0.331. The molecule has 0 spiro atoms. The first kappa shape index (κ1) is 19.2. The van der Waals surface area contributed by atoms with Crippen molar-refractivity contribution in [1.82, 2.24) is 9.55 Å². The van der Waals surface area contributed by atoms with Crippen molar-refractivity contribution in [1.29, 1.82) is 0 Å². The Labute approximate surface area is 185 Å². The van der Waals surface area contributed by atoms with E-state index in [1.807, 2.05) is 78.9 Å². The molecule has 0 aliphatic carbocycles. The normalized spacial score (nSPS) is 10.9. The summed E-state index contributed by atoms with van der Waals surface area (Å²) in [5.41, 5.74) is 5.41. The van der Waals surface area contributed by atoms with Crippen molar-refractivity contribution in [3.05, 3.63) is 114 Å². The van der Waals surface area contributed by atoms with Crippen LogP contribution in [0.5, 0.6) is 5.75 Å². The topological polar surface area (TPSA) is 38.1 Å². The molecule has 0 aliphatic heterocycles. The molecule has 150 valence electrons. The zero-order chi connectivity index (χ0) is 21.2. The average Bonchev–Trinajstić information content (AvgIpc) is 3.21. The molecule has 5 aromatic rings. The molecule has 0 amide bonds. The van der Waals surface area contributed by atoms with Gasteiger partial charge in [0.25, 0.3) is 0 Å². The Morgan fingerprint density at radius 3 is 1.87 bits per heavy atom. The molecule has 0 radical (unpaired) electrons. The number of aromatic hydroxyl groups is 1. The molecule has 1 aromatic heterocycles. The molecule has 5 rings (SSSR count). The van der Waals surface area contributed by atoms with E-state index >= 15 is 0 Å². The molecule has 0 saturated carbocycles. The standard InChI is InChI=1S/C27H19ClN2O/c28-21-15-17-22(18-16-21)30-26(20-11-5-2-6-12-20)25(19-9-3-1-4-10-19)29-27(30)23-13-7-8-14-24(23)31/h1-18,31H. The van der Waals surface area contributed by atoms with Gasteiger partial charge in [0, 0.05) is 21.8 Å². The highest BCUT2D eigenvalue weighted by Crippen LogP contribution is 2.40. The van der Waals surface area contributed by atoms with Crippen LogP contribution in [0.2, 0.25) is 5.02 Å². The molecule has 1 N–H and O–H groups in total. The summed E-state index contributed by atoms with van der Waals surface area (Å²) >= 11 is 6.17. The third-order valence-electron chi connectivity index (χ3n) is 5.20. The van der Waals surface area contributed by atoms with E-state index in [1.54, 1.807) is 6.07 Å². The molecular formula is C27H19ClN2O. The predicted octanol–water partition coefficient (Wildman–Crippen LogP) is 7.23. The SMILES string of the molecule is Oc1ccccc1-c1nc(-c2ccccc2)c(-c2ccccc2)n1-c1ccc(Cl)cc1. The minimum Gasteiger partial charge on any atom is -0.507 e. The zero-order valence-electron chi connectivity index (χ0n) is 16.6. The number of rotatable bonds is 4. The maximum Gasteiger partial charge on any atom is 0.149 e. The molecule has 0 aliphatic rings. The van der Waals surface area contributed by atoms with Crippen LogP contribution in [0.4, 0.5) is 0 Å². The van der Waals surface area contributed by atoms with Gasteiger partial charge in [-0.3, -0.25) is 4.57 Å². The van der Waals surface area contributed by atoms with Gasteiger partial charge in [-0.1, -0.05) is 84.4 Å². The van der Waals surface area contributed by atoms with E-state index in [0.717, 1.165) is 28.2 Å². The molecule has 4 heteroatoms. The number of hydrogen-bond donors (Lipinski definition) is 1. The first-order valence-electron chi connectivity index (χ1n) is 10.0. The second-order valence-electron chi connectivity index (χ2n) is 7.19. The van der Waals surface area contributed by atoms with E-state index in [2.05, 4.69) is 28.8 Å². The lowest BCUT2D eigenvalue weighted by Crippen LogP contribution is -2.00. The summed E-state index contributed by atoms with van der Waals surface area (Å²) in [6.45, 7) is 0. The van der Waals surface area contributed by atoms with E-state index < -0.39 is 0 Å². The Morgan fingerprint density at radius 1 is 0.645 bits per heavy atom. The van der Waals surface area contributed by atoms with Crippen LogP contribution in [-0.2, 0) is 0 Å². The van der Waals surface area contributed by atoms with Crippen molar-refractivity contribution >= 4 is 11.6 Å². The van der Waals surface area contributed by atoms with E-state index in [0.29, 0.717) is 16.4 Å². The number of phenolic OH excluding ortho intramolecular Hbond substituents is 1. The minimum atomic E-state index is 0.182. The third kappa shape index (κ3) is 3.60. The molecule has 0 unspecified atom stereocenters. The van der Waals surface area contributed by atoms with Crippen LogP contribution >= 0.6 is 11.6 Å². The first-order valence-corrected chi connectivity index (χ1v) is 10.4. The summed E-state index contributed by atoms with van der Waals surface area (Å²) in [4.78, 5) is 5.06. The maximum atomic E-state index is 10.6. The number of halogens is 1. The van der Waals surface area contributed by atoms with Gasteiger partial charge in [0.2, 0.25) is 0 Å². The lowest BCUT2D eigenvalue weighted by molar-refractivity contribution is 0.477. The summed E-state index contributed by atoms with van der Waals surface area (Å²) in [6.07, 6.45) is 0. The Kier molecular flexibility index (Phi) is 5.03. The van der Waals surface area contributed by atoms with Crippen LogP contribution < -0.4 is 0 Å². The van der Waals surface area contributed by atoms with Gasteiger partial charge in [0.1, 0.15) is 11.6 Å². The molecular weight excluding hydrogens is 404 g/mol. The van der Waals surface area contributed by atoms with Crippen LogP contribution in [0.25, 0.3) is 39.6 Å². The van der Waals surface area contributed by atoms with Crippen LogP contribution in [0, 0.1) is 0 Å². The number of aromatic nitrogens is 2. The monoisotopic (exact) mass is 422 g/mol. The summed E-state index contributed by atoms with van der Waals surface area (Å²) in [6, 6.07) is 35.2. The largest absolute Gasteiger partial charge is 0.507 e. The summed E-state index contributed by atoms with van der Waals surface area (Å²) in [5, 5.41) is 11.3. The van der Waals surface area contributed by atoms with Crippen molar-refractivity contribution in [3.8, 4) is 45.3 Å². The summed E-state index contributed by atoms with van der Waals surface area (Å²) in [7, 11) is 0. The molecule has 31 heavy (non-hydrogen) atoms. The van der Waals surface area contributed by atoms with Gasteiger partial charge in [0.15, 0.2) is 0 Å². The Balaban J connectivity index is 1.90. The lowest BCUT2D eigenvalue weighted by atomic mass is 10.0. The second kappa shape index (κ2) is 8.13. The van der Waals surface area contributed by atoms with Crippen molar-refractivity contribution in [2.75, 3.05) is 0 Å². The minimum absolute atomic E-state index is 0.182. The molecule has 4 aromatic carbocycles. The van der Waals surface area contributed by atoms with Crippen molar-refractivity contribution in [2.45, 2.75) is 0 Å². The van der Waals surface area contributed by atoms with Crippen LogP contribution in [0.15, 0.2) is 109 Å². The number of imidazole rings is 1. The van der Waals surface area contributed by atoms with E-state index in [9.17, 15) is 5.11 Å². The van der Waals surface area contributed by atoms with Gasteiger partial charge in [0.05, 0.1) is 17.0 Å². The van der Waals surface area contributed by atoms with E-state index in [4.69, 9.17) is 16.6 Å². The van der Waals surface area contributed by atoms with E-state index in [1.165, 1.54) is 0 Å². The fourth-order valence-corrected chi connectivity index (χ4v) is 3.89. The smallest absolute Gasteiger partial charge is 0.149 e. The van der Waals surface area contributed by atoms with Crippen LogP contribution in [0.3, 0.4) is 0 Å². The molecule has 0 bridgehead atoms. The molecule has 0 atom stereocenters. The van der Waals surface area contributed by atoms with Crippen LogP contribution in [-0.4, -0.2) is 14.7 Å². The second-order valence-corrected chi connectivity index (χ2v) is 7.63. The molecule has 1 heterocycles. The predicted molar refractivity (Wildman–Crippen MR) is 127 cm³/mol. The molecule has 3 nitrogen and oxygen atoms in total.